The normalized spacial score (nSPS) is 12.5. The van der Waals surface area contributed by atoms with Gasteiger partial charge in [-0.2, -0.15) is 0 Å². The Balaban J connectivity index is 2.58. The smallest absolute Gasteiger partial charge is 0.339 e. The van der Waals surface area contributed by atoms with Gasteiger partial charge in [-0.3, -0.25) is 4.90 Å². The summed E-state index contributed by atoms with van der Waals surface area (Å²) in [5, 5.41) is 0. The molecule has 0 heterocycles. The maximum atomic E-state index is 11.7. The van der Waals surface area contributed by atoms with Gasteiger partial charge in [0.25, 0.3) is 0 Å². The second-order valence-corrected chi connectivity index (χ2v) is 3.59. The van der Waals surface area contributed by atoms with Crippen LogP contribution >= 0.6 is 0 Å². The predicted octanol–water partition coefficient (Wildman–Crippen LogP) is 2.53. The van der Waals surface area contributed by atoms with E-state index >= 15 is 0 Å². The molecule has 0 N–H and O–H groups in total. The van der Waals surface area contributed by atoms with E-state index in [1.54, 1.807) is 12.1 Å². The van der Waals surface area contributed by atoms with E-state index in [1.165, 1.54) is 0 Å². The minimum absolute atomic E-state index is 0.178. The van der Waals surface area contributed by atoms with Crippen LogP contribution in [0.3, 0.4) is 0 Å². The second-order valence-electron chi connectivity index (χ2n) is 3.59. The number of esters is 1. The maximum Gasteiger partial charge on any atom is 0.339 e. The maximum absolute atomic E-state index is 11.7. The molecule has 0 aliphatic carbocycles. The van der Waals surface area contributed by atoms with Crippen molar-refractivity contribution in [3.05, 3.63) is 35.9 Å². The van der Waals surface area contributed by atoms with E-state index in [4.69, 9.17) is 4.74 Å². The van der Waals surface area contributed by atoms with E-state index in [-0.39, 0.29) is 12.2 Å². The summed E-state index contributed by atoms with van der Waals surface area (Å²) in [7, 11) is 0. The fourth-order valence-corrected chi connectivity index (χ4v) is 1.61. The van der Waals surface area contributed by atoms with Crippen LogP contribution in [0, 0.1) is 0 Å². The molecule has 0 bridgehead atoms. The minimum atomic E-state index is -0.264. The van der Waals surface area contributed by atoms with Gasteiger partial charge in [-0.1, -0.05) is 32.0 Å². The first-order valence-electron chi connectivity index (χ1n) is 5.69. The minimum Gasteiger partial charge on any atom is -0.443 e. The summed E-state index contributed by atoms with van der Waals surface area (Å²) in [5.41, 5.74) is 0.599. The lowest BCUT2D eigenvalue weighted by atomic mass is 10.2. The molecular formula is C13H19NO2. The topological polar surface area (TPSA) is 29.5 Å². The molecule has 88 valence electrons. The average Bonchev–Trinajstić information content (AvgIpc) is 2.31. The number of hydrogen-bond donors (Lipinski definition) is 0. The van der Waals surface area contributed by atoms with Crippen molar-refractivity contribution in [2.24, 2.45) is 0 Å². The molecule has 0 saturated carbocycles. The van der Waals surface area contributed by atoms with E-state index in [2.05, 4.69) is 18.7 Å². The van der Waals surface area contributed by atoms with E-state index in [9.17, 15) is 4.79 Å². The Kier molecular flexibility index (Phi) is 4.99. The fourth-order valence-electron chi connectivity index (χ4n) is 1.61. The van der Waals surface area contributed by atoms with Crippen LogP contribution in [0.2, 0.25) is 0 Å². The van der Waals surface area contributed by atoms with Crippen molar-refractivity contribution in [2.45, 2.75) is 27.0 Å². The third-order valence-electron chi connectivity index (χ3n) is 2.61. The summed E-state index contributed by atoms with van der Waals surface area (Å²) in [6.45, 7) is 7.75. The standard InChI is InChI=1S/C13H19NO2/c1-4-14(5-2)11(3)16-13(15)12-9-7-6-8-10-12/h6-11H,4-5H2,1-3H3. The highest BCUT2D eigenvalue weighted by Crippen LogP contribution is 2.06. The van der Waals surface area contributed by atoms with Gasteiger partial charge < -0.3 is 4.74 Å². The lowest BCUT2D eigenvalue weighted by Crippen LogP contribution is -2.36. The molecule has 1 aromatic rings. The fraction of sp³-hybridized carbons (Fsp3) is 0.462. The molecule has 0 spiro atoms. The van der Waals surface area contributed by atoms with Gasteiger partial charge in [-0.15, -0.1) is 0 Å². The van der Waals surface area contributed by atoms with Gasteiger partial charge in [0.05, 0.1) is 5.56 Å². The van der Waals surface area contributed by atoms with Crippen LogP contribution in [0.5, 0.6) is 0 Å². The molecule has 0 fully saturated rings. The number of hydrogen-bond acceptors (Lipinski definition) is 3. The highest BCUT2D eigenvalue weighted by Gasteiger charge is 2.15. The van der Waals surface area contributed by atoms with Crippen LogP contribution in [-0.4, -0.2) is 30.2 Å². The van der Waals surface area contributed by atoms with Crippen molar-refractivity contribution in [1.82, 2.24) is 4.90 Å². The molecule has 1 aromatic carbocycles. The lowest BCUT2D eigenvalue weighted by Gasteiger charge is -2.25. The van der Waals surface area contributed by atoms with Gasteiger partial charge in [0, 0.05) is 0 Å². The number of ether oxygens (including phenoxy) is 1. The van der Waals surface area contributed by atoms with Gasteiger partial charge in [-0.05, 0) is 32.1 Å². The van der Waals surface area contributed by atoms with Crippen LogP contribution in [0.15, 0.2) is 30.3 Å². The summed E-state index contributed by atoms with van der Waals surface area (Å²) in [5.74, 6) is -0.264. The molecule has 3 nitrogen and oxygen atoms in total. The molecule has 1 unspecified atom stereocenters. The van der Waals surface area contributed by atoms with Crippen LogP contribution < -0.4 is 0 Å². The van der Waals surface area contributed by atoms with Crippen LogP contribution in [0.4, 0.5) is 0 Å². The van der Waals surface area contributed by atoms with Crippen molar-refractivity contribution in [1.29, 1.82) is 0 Å². The largest absolute Gasteiger partial charge is 0.443 e. The van der Waals surface area contributed by atoms with Crippen molar-refractivity contribution in [3.8, 4) is 0 Å². The number of rotatable bonds is 5. The van der Waals surface area contributed by atoms with Gasteiger partial charge >= 0.3 is 5.97 Å². The highest BCUT2D eigenvalue weighted by atomic mass is 16.6. The quantitative estimate of drug-likeness (QED) is 0.565. The van der Waals surface area contributed by atoms with Gasteiger partial charge in [-0.25, -0.2) is 4.79 Å². The van der Waals surface area contributed by atoms with Crippen LogP contribution in [0.1, 0.15) is 31.1 Å². The Morgan fingerprint density at radius 1 is 1.25 bits per heavy atom. The molecule has 3 heteroatoms. The Morgan fingerprint density at radius 2 is 1.81 bits per heavy atom. The van der Waals surface area contributed by atoms with Gasteiger partial charge in [0.2, 0.25) is 0 Å². The van der Waals surface area contributed by atoms with Crippen molar-refractivity contribution in [2.75, 3.05) is 13.1 Å². The molecule has 1 rings (SSSR count). The third kappa shape index (κ3) is 3.35. The zero-order valence-electron chi connectivity index (χ0n) is 10.1. The first-order valence-corrected chi connectivity index (χ1v) is 5.69. The number of benzene rings is 1. The van der Waals surface area contributed by atoms with Crippen LogP contribution in [0.25, 0.3) is 0 Å². The van der Waals surface area contributed by atoms with Crippen molar-refractivity contribution in [3.63, 3.8) is 0 Å². The molecule has 0 aliphatic rings. The number of carbonyl (C=O) groups excluding carboxylic acids is 1. The highest BCUT2D eigenvalue weighted by molar-refractivity contribution is 5.89. The predicted molar refractivity (Wildman–Crippen MR) is 64.2 cm³/mol. The molecule has 0 saturated heterocycles. The van der Waals surface area contributed by atoms with E-state index in [1.807, 2.05) is 25.1 Å². The summed E-state index contributed by atoms with van der Waals surface area (Å²) >= 11 is 0. The number of nitrogens with zero attached hydrogens (tertiary/aromatic N) is 1. The van der Waals surface area contributed by atoms with Crippen molar-refractivity contribution < 1.29 is 9.53 Å². The average molecular weight is 221 g/mol. The first kappa shape index (κ1) is 12.7. The molecule has 0 aliphatic heterocycles. The zero-order valence-corrected chi connectivity index (χ0v) is 10.1. The molecule has 16 heavy (non-hydrogen) atoms. The van der Waals surface area contributed by atoms with E-state index in [0.717, 1.165) is 13.1 Å². The SMILES string of the molecule is CCN(CC)C(C)OC(=O)c1ccccc1. The Bertz CT molecular complexity index is 320. The third-order valence-corrected chi connectivity index (χ3v) is 2.61. The molecule has 0 amide bonds. The van der Waals surface area contributed by atoms with Gasteiger partial charge in [0.1, 0.15) is 0 Å². The Labute approximate surface area is 97.0 Å². The molecular weight excluding hydrogens is 202 g/mol. The number of carbonyl (C=O) groups is 1. The van der Waals surface area contributed by atoms with Gasteiger partial charge in [0.15, 0.2) is 6.23 Å². The zero-order chi connectivity index (χ0) is 12.0. The Morgan fingerprint density at radius 3 is 2.31 bits per heavy atom. The van der Waals surface area contributed by atoms with E-state index < -0.39 is 0 Å². The first-order chi connectivity index (χ1) is 7.69. The molecule has 0 aromatic heterocycles. The Hall–Kier alpha value is -1.35. The lowest BCUT2D eigenvalue weighted by molar-refractivity contribution is -0.0196. The summed E-state index contributed by atoms with van der Waals surface area (Å²) < 4.78 is 5.37. The summed E-state index contributed by atoms with van der Waals surface area (Å²) in [6.07, 6.45) is -0.178. The monoisotopic (exact) mass is 221 g/mol. The van der Waals surface area contributed by atoms with Crippen molar-refractivity contribution >= 4 is 5.97 Å². The summed E-state index contributed by atoms with van der Waals surface area (Å²) in [6, 6.07) is 9.07. The summed E-state index contributed by atoms with van der Waals surface area (Å²) in [4.78, 5) is 13.8. The molecule has 0 radical (unpaired) electrons. The molecule has 1 atom stereocenters. The van der Waals surface area contributed by atoms with Crippen LogP contribution in [-0.2, 0) is 4.74 Å². The van der Waals surface area contributed by atoms with E-state index in [0.29, 0.717) is 5.56 Å². The second kappa shape index (κ2) is 6.28.